The predicted octanol–water partition coefficient (Wildman–Crippen LogP) is 2.56. The maximum atomic E-state index is 12.7. The Morgan fingerprint density at radius 2 is 2.00 bits per heavy atom. The fourth-order valence-electron chi connectivity index (χ4n) is 3.35. The summed E-state index contributed by atoms with van der Waals surface area (Å²) in [5.74, 6) is -0.0951. The first-order valence-corrected chi connectivity index (χ1v) is 9.70. The van der Waals surface area contributed by atoms with Gasteiger partial charge in [-0.1, -0.05) is 29.8 Å². The van der Waals surface area contributed by atoms with Crippen molar-refractivity contribution in [2.24, 2.45) is 0 Å². The first-order valence-electron chi connectivity index (χ1n) is 9.70. The molecule has 1 heterocycles. The number of aliphatic hydroxyl groups is 1. The largest absolute Gasteiger partial charge is 0.489 e. The van der Waals surface area contributed by atoms with Gasteiger partial charge in [0.05, 0.1) is 25.8 Å². The highest BCUT2D eigenvalue weighted by molar-refractivity contribution is 6.08. The van der Waals surface area contributed by atoms with Crippen LogP contribution in [0.1, 0.15) is 16.7 Å². The fraction of sp³-hybridized carbons (Fsp3) is 0.304. The van der Waals surface area contributed by atoms with Gasteiger partial charge < -0.3 is 24.8 Å². The van der Waals surface area contributed by atoms with Gasteiger partial charge in [-0.25, -0.2) is 4.79 Å². The van der Waals surface area contributed by atoms with Crippen LogP contribution >= 0.6 is 0 Å². The number of hydrogen-bond acceptors (Lipinski definition) is 6. The molecule has 7 nitrogen and oxygen atoms in total. The second kappa shape index (κ2) is 9.45. The Bertz CT molecular complexity index is 983. The molecule has 7 heteroatoms. The normalized spacial score (nSPS) is 13.6. The van der Waals surface area contributed by atoms with Crippen molar-refractivity contribution in [2.75, 3.05) is 32.1 Å². The highest BCUT2D eigenvalue weighted by Gasteiger charge is 2.34. The monoisotopic (exact) mass is 410 g/mol. The van der Waals surface area contributed by atoms with Crippen LogP contribution in [0.4, 0.5) is 5.69 Å². The van der Waals surface area contributed by atoms with Gasteiger partial charge in [-0.3, -0.25) is 4.79 Å². The Kier molecular flexibility index (Phi) is 6.74. The third-order valence-corrected chi connectivity index (χ3v) is 4.87. The summed E-state index contributed by atoms with van der Waals surface area (Å²) in [6, 6.07) is 13.5. The molecule has 0 aromatic heterocycles. The van der Waals surface area contributed by atoms with Gasteiger partial charge >= 0.3 is 5.97 Å². The van der Waals surface area contributed by atoms with Crippen molar-refractivity contribution in [2.45, 2.75) is 20.5 Å². The summed E-state index contributed by atoms with van der Waals surface area (Å²) in [5, 5.41) is 12.2. The third-order valence-electron chi connectivity index (χ3n) is 4.87. The first-order chi connectivity index (χ1) is 14.4. The molecule has 0 bridgehead atoms. The summed E-state index contributed by atoms with van der Waals surface area (Å²) in [7, 11) is 1.27. The number of benzene rings is 2. The van der Waals surface area contributed by atoms with Crippen LogP contribution in [0.15, 0.2) is 53.7 Å². The molecule has 0 saturated heterocycles. The maximum absolute atomic E-state index is 12.7. The molecule has 0 spiro atoms. The van der Waals surface area contributed by atoms with Crippen LogP contribution < -0.4 is 10.1 Å². The number of aliphatic hydroxyl groups excluding tert-OH is 1. The van der Waals surface area contributed by atoms with Crippen molar-refractivity contribution in [3.05, 3.63) is 70.4 Å². The molecule has 3 rings (SSSR count). The lowest BCUT2D eigenvalue weighted by atomic mass is 10.1. The van der Waals surface area contributed by atoms with Gasteiger partial charge in [-0.15, -0.1) is 0 Å². The summed E-state index contributed by atoms with van der Waals surface area (Å²) >= 11 is 0. The van der Waals surface area contributed by atoms with Crippen molar-refractivity contribution in [3.8, 4) is 5.75 Å². The molecule has 2 N–H and O–H groups in total. The Hall–Kier alpha value is -3.32. The number of hydrogen-bond donors (Lipinski definition) is 2. The highest BCUT2D eigenvalue weighted by Crippen LogP contribution is 2.24. The van der Waals surface area contributed by atoms with E-state index < -0.39 is 5.97 Å². The van der Waals surface area contributed by atoms with E-state index in [9.17, 15) is 9.59 Å². The number of amides is 1. The fourth-order valence-corrected chi connectivity index (χ4v) is 3.35. The molecule has 1 amide bonds. The molecule has 0 aliphatic carbocycles. The quantitative estimate of drug-likeness (QED) is 0.651. The van der Waals surface area contributed by atoms with Crippen LogP contribution in [-0.2, 0) is 20.9 Å². The molecule has 0 unspecified atom stereocenters. The molecule has 0 radical (unpaired) electrons. The van der Waals surface area contributed by atoms with Crippen LogP contribution in [-0.4, -0.2) is 48.7 Å². The summed E-state index contributed by atoms with van der Waals surface area (Å²) < 4.78 is 10.7. The SMILES string of the molecule is COC(=O)C1=C(Nc2cccc(COc3ccc(C)cc3C)c2)C(=O)N(CCO)C1. The van der Waals surface area contributed by atoms with E-state index in [0.717, 1.165) is 16.9 Å². The van der Waals surface area contributed by atoms with Gasteiger partial charge in [0, 0.05) is 12.2 Å². The van der Waals surface area contributed by atoms with Crippen LogP contribution in [0.5, 0.6) is 5.75 Å². The van der Waals surface area contributed by atoms with Crippen molar-refractivity contribution in [3.63, 3.8) is 0 Å². The number of nitrogens with zero attached hydrogens (tertiary/aromatic N) is 1. The van der Waals surface area contributed by atoms with E-state index >= 15 is 0 Å². The minimum Gasteiger partial charge on any atom is -0.489 e. The Labute approximate surface area is 175 Å². The minimum atomic E-state index is -0.569. The number of ether oxygens (including phenoxy) is 2. The number of aryl methyl sites for hydroxylation is 2. The molecule has 158 valence electrons. The van der Waals surface area contributed by atoms with Gasteiger partial charge in [0.1, 0.15) is 18.1 Å². The number of esters is 1. The Balaban J connectivity index is 1.76. The lowest BCUT2D eigenvalue weighted by Crippen LogP contribution is -2.31. The van der Waals surface area contributed by atoms with E-state index in [2.05, 4.69) is 11.4 Å². The smallest absolute Gasteiger partial charge is 0.337 e. The lowest BCUT2D eigenvalue weighted by molar-refractivity contribution is -0.136. The number of rotatable bonds is 8. The van der Waals surface area contributed by atoms with Crippen molar-refractivity contribution in [1.82, 2.24) is 4.90 Å². The molecule has 1 aliphatic heterocycles. The van der Waals surface area contributed by atoms with E-state index in [0.29, 0.717) is 12.3 Å². The molecule has 2 aromatic rings. The number of β-amino-alcohol motifs (C(OH)–C–C–N with tert-alkyl or cyclic N) is 1. The Morgan fingerprint density at radius 1 is 1.20 bits per heavy atom. The zero-order chi connectivity index (χ0) is 21.7. The average Bonchev–Trinajstić information content (AvgIpc) is 3.03. The van der Waals surface area contributed by atoms with Crippen molar-refractivity contribution < 1.29 is 24.2 Å². The highest BCUT2D eigenvalue weighted by atomic mass is 16.5. The Morgan fingerprint density at radius 3 is 2.70 bits per heavy atom. The number of methoxy groups -OCH3 is 1. The molecular formula is C23H26N2O5. The number of carbonyl (C=O) groups excluding carboxylic acids is 2. The van der Waals surface area contributed by atoms with E-state index in [1.54, 1.807) is 0 Å². The molecular weight excluding hydrogens is 384 g/mol. The molecule has 0 fully saturated rings. The molecule has 0 atom stereocenters. The maximum Gasteiger partial charge on any atom is 0.337 e. The summed E-state index contributed by atoms with van der Waals surface area (Å²) in [4.78, 5) is 26.2. The predicted molar refractivity (Wildman–Crippen MR) is 113 cm³/mol. The summed E-state index contributed by atoms with van der Waals surface area (Å²) in [6.45, 7) is 4.48. The van der Waals surface area contributed by atoms with Crippen LogP contribution in [0.2, 0.25) is 0 Å². The number of anilines is 1. The van der Waals surface area contributed by atoms with Crippen molar-refractivity contribution >= 4 is 17.6 Å². The molecule has 2 aromatic carbocycles. The zero-order valence-corrected chi connectivity index (χ0v) is 17.4. The number of carbonyl (C=O) groups is 2. The van der Waals surface area contributed by atoms with Crippen LogP contribution in [0, 0.1) is 13.8 Å². The second-order valence-electron chi connectivity index (χ2n) is 7.18. The minimum absolute atomic E-state index is 0.101. The lowest BCUT2D eigenvalue weighted by Gasteiger charge is -2.15. The number of nitrogens with one attached hydrogen (secondary N) is 1. The van der Waals surface area contributed by atoms with Gasteiger partial charge in [0.2, 0.25) is 0 Å². The standard InChI is InChI=1S/C23H26N2O5/c1-15-7-8-20(16(2)11-15)30-14-17-5-4-6-18(12-17)24-21-19(23(28)29-3)13-25(9-10-26)22(21)27/h4-8,11-12,24,26H,9-10,13-14H2,1-3H3. The third kappa shape index (κ3) is 4.80. The average molecular weight is 410 g/mol. The van der Waals surface area contributed by atoms with Crippen molar-refractivity contribution in [1.29, 1.82) is 0 Å². The first kappa shape index (κ1) is 21.4. The molecule has 1 aliphatic rings. The summed E-state index contributed by atoms with van der Waals surface area (Å²) in [6.07, 6.45) is 0. The van der Waals surface area contributed by atoms with E-state index in [4.69, 9.17) is 14.6 Å². The van der Waals surface area contributed by atoms with Gasteiger partial charge in [-0.05, 0) is 43.2 Å². The van der Waals surface area contributed by atoms with E-state index in [1.807, 2.05) is 50.2 Å². The molecule has 30 heavy (non-hydrogen) atoms. The van der Waals surface area contributed by atoms with Gasteiger partial charge in [0.25, 0.3) is 5.91 Å². The van der Waals surface area contributed by atoms with Crippen LogP contribution in [0.3, 0.4) is 0 Å². The topological polar surface area (TPSA) is 88.1 Å². The van der Waals surface area contributed by atoms with Gasteiger partial charge in [0.15, 0.2) is 0 Å². The van der Waals surface area contributed by atoms with Crippen LogP contribution in [0.25, 0.3) is 0 Å². The van der Waals surface area contributed by atoms with E-state index in [-0.39, 0.29) is 36.9 Å². The zero-order valence-electron chi connectivity index (χ0n) is 17.4. The molecule has 0 saturated carbocycles. The van der Waals surface area contributed by atoms with Gasteiger partial charge in [-0.2, -0.15) is 0 Å². The second-order valence-corrected chi connectivity index (χ2v) is 7.18. The van der Waals surface area contributed by atoms with E-state index in [1.165, 1.54) is 17.6 Å². The summed E-state index contributed by atoms with van der Waals surface area (Å²) in [5.41, 5.74) is 4.23.